The molecule has 3 unspecified atom stereocenters. The van der Waals surface area contributed by atoms with Crippen molar-refractivity contribution >= 4 is 20.8 Å². The second-order valence-electron chi connectivity index (χ2n) is 5.80. The number of aromatic amines is 1. The lowest BCUT2D eigenvalue weighted by atomic mass is 10.2. The van der Waals surface area contributed by atoms with Gasteiger partial charge in [0.25, 0.3) is 0 Å². The number of hydrogen-bond donors (Lipinski definition) is 1. The number of nitrogens with zero attached hydrogens (tertiary/aromatic N) is 1. The quantitative estimate of drug-likeness (QED) is 0.647. The summed E-state index contributed by atoms with van der Waals surface area (Å²) in [5.41, 5.74) is 0.752. The molecule has 1 saturated heterocycles. The number of H-pyrrole nitrogens is 1. The van der Waals surface area contributed by atoms with E-state index in [2.05, 4.69) is 4.98 Å². The summed E-state index contributed by atoms with van der Waals surface area (Å²) in [7, 11) is -1.42. The fourth-order valence-electron chi connectivity index (χ4n) is 2.82. The molecule has 2 aliphatic rings. The van der Waals surface area contributed by atoms with E-state index in [0.717, 1.165) is 24.2 Å². The lowest BCUT2D eigenvalue weighted by Crippen LogP contribution is -2.27. The molecule has 3 heterocycles. The van der Waals surface area contributed by atoms with Gasteiger partial charge in [0, 0.05) is 11.8 Å². The largest absolute Gasteiger partial charge is 0.426 e. The van der Waals surface area contributed by atoms with Crippen molar-refractivity contribution in [3.05, 3.63) is 57.2 Å². The highest BCUT2D eigenvalue weighted by Gasteiger charge is 2.30. The minimum absolute atomic E-state index is 0.105. The fourth-order valence-corrected chi connectivity index (χ4v) is 4.02. The van der Waals surface area contributed by atoms with Crippen LogP contribution in [0.15, 0.2) is 41.3 Å². The topological polar surface area (TPSA) is 74.7 Å². The SMILES string of the molecule is O=c1[nH]c(=S)ccn1C1CCC(COP2OCc3ccccc3O2)O1. The molecule has 2 aliphatic heterocycles. The second-order valence-corrected chi connectivity index (χ2v) is 7.39. The Hall–Kier alpha value is -1.57. The molecule has 0 saturated carbocycles. The molecule has 0 radical (unpaired) electrons. The van der Waals surface area contributed by atoms with Crippen molar-refractivity contribution in [2.75, 3.05) is 6.61 Å². The molecule has 132 valence electrons. The Labute approximate surface area is 150 Å². The first-order chi connectivity index (χ1) is 12.2. The van der Waals surface area contributed by atoms with Crippen LogP contribution in [0.2, 0.25) is 0 Å². The van der Waals surface area contributed by atoms with Crippen molar-refractivity contribution in [1.29, 1.82) is 0 Å². The number of aromatic nitrogens is 2. The molecule has 0 spiro atoms. The van der Waals surface area contributed by atoms with Crippen molar-refractivity contribution in [2.24, 2.45) is 0 Å². The Bertz CT molecular complexity index is 870. The lowest BCUT2D eigenvalue weighted by molar-refractivity contribution is -0.0229. The number of fused-ring (bicyclic) bond motifs is 1. The average Bonchev–Trinajstić information content (AvgIpc) is 3.08. The van der Waals surface area contributed by atoms with E-state index in [-0.39, 0.29) is 18.0 Å². The van der Waals surface area contributed by atoms with Gasteiger partial charge in [0.2, 0.25) is 0 Å². The van der Waals surface area contributed by atoms with Crippen molar-refractivity contribution in [1.82, 2.24) is 9.55 Å². The van der Waals surface area contributed by atoms with Crippen molar-refractivity contribution in [2.45, 2.75) is 31.8 Å². The summed E-state index contributed by atoms with van der Waals surface area (Å²) in [5.74, 6) is 0.802. The predicted octanol–water partition coefficient (Wildman–Crippen LogP) is 3.44. The lowest BCUT2D eigenvalue weighted by Gasteiger charge is -2.24. The highest BCUT2D eigenvalue weighted by atomic mass is 32.1. The maximum Gasteiger partial charge on any atom is 0.397 e. The molecule has 2 aromatic rings. The van der Waals surface area contributed by atoms with Crippen LogP contribution in [0.1, 0.15) is 24.6 Å². The van der Waals surface area contributed by atoms with Crippen LogP contribution in [0.3, 0.4) is 0 Å². The molecular formula is C16H17N2O5PS. The summed E-state index contributed by atoms with van der Waals surface area (Å²) in [6.45, 7) is 0.844. The van der Waals surface area contributed by atoms with E-state index in [4.69, 9.17) is 30.5 Å². The van der Waals surface area contributed by atoms with Gasteiger partial charge in [-0.3, -0.25) is 18.6 Å². The molecule has 0 bridgehead atoms. The van der Waals surface area contributed by atoms with Gasteiger partial charge >= 0.3 is 14.3 Å². The highest BCUT2D eigenvalue weighted by Crippen LogP contribution is 2.47. The third kappa shape index (κ3) is 3.83. The standard InChI is InChI=1S/C16H17N2O5PS/c19-16-17-14(25)7-8-18(16)15-6-5-12(22-15)10-21-24-20-9-11-3-1-2-4-13(11)23-24/h1-4,7-8,12,15H,5-6,9-10H2,(H,17,19,25). The van der Waals surface area contributed by atoms with E-state index in [1.54, 1.807) is 12.3 Å². The average molecular weight is 380 g/mol. The fraction of sp³-hybridized carbons (Fsp3) is 0.375. The third-order valence-electron chi connectivity index (χ3n) is 4.08. The van der Waals surface area contributed by atoms with E-state index < -0.39 is 8.60 Å². The van der Waals surface area contributed by atoms with Gasteiger partial charge in [-0.2, -0.15) is 0 Å². The number of rotatable bonds is 4. The molecule has 0 amide bonds. The Balaban J connectivity index is 1.32. The van der Waals surface area contributed by atoms with Crippen molar-refractivity contribution < 1.29 is 18.3 Å². The molecule has 0 aliphatic carbocycles. The summed E-state index contributed by atoms with van der Waals surface area (Å²) in [5, 5.41) is 0. The normalized spacial score (nSPS) is 25.4. The second kappa shape index (κ2) is 7.35. The van der Waals surface area contributed by atoms with Gasteiger partial charge < -0.3 is 9.26 Å². The van der Waals surface area contributed by atoms with Crippen LogP contribution >= 0.6 is 20.8 Å². The van der Waals surface area contributed by atoms with Crippen LogP contribution in [-0.2, 0) is 20.4 Å². The number of benzene rings is 1. The number of para-hydroxylation sites is 1. The molecule has 1 fully saturated rings. The van der Waals surface area contributed by atoms with E-state index in [0.29, 0.717) is 17.9 Å². The Morgan fingerprint density at radius 2 is 2.20 bits per heavy atom. The smallest absolute Gasteiger partial charge is 0.397 e. The monoisotopic (exact) mass is 380 g/mol. The van der Waals surface area contributed by atoms with E-state index in [9.17, 15) is 4.79 Å². The molecule has 1 aromatic carbocycles. The van der Waals surface area contributed by atoms with Gasteiger partial charge in [0.05, 0.1) is 19.3 Å². The number of ether oxygens (including phenoxy) is 1. The van der Waals surface area contributed by atoms with Gasteiger partial charge in [-0.05, 0) is 25.0 Å². The van der Waals surface area contributed by atoms with Crippen LogP contribution in [-0.4, -0.2) is 22.3 Å². The molecule has 1 N–H and O–H groups in total. The number of nitrogens with one attached hydrogen (secondary N) is 1. The summed E-state index contributed by atoms with van der Waals surface area (Å²) < 4.78 is 24.9. The van der Waals surface area contributed by atoms with Gasteiger partial charge in [-0.1, -0.05) is 30.4 Å². The Morgan fingerprint density at radius 3 is 3.08 bits per heavy atom. The Kier molecular flexibility index (Phi) is 4.96. The first-order valence-electron chi connectivity index (χ1n) is 7.98. The van der Waals surface area contributed by atoms with Crippen LogP contribution in [0, 0.1) is 4.64 Å². The van der Waals surface area contributed by atoms with E-state index in [1.807, 2.05) is 24.3 Å². The van der Waals surface area contributed by atoms with Gasteiger partial charge in [0.15, 0.2) is 0 Å². The number of hydrogen-bond acceptors (Lipinski definition) is 6. The Morgan fingerprint density at radius 1 is 1.32 bits per heavy atom. The van der Waals surface area contributed by atoms with Crippen LogP contribution in [0.5, 0.6) is 5.75 Å². The van der Waals surface area contributed by atoms with Crippen LogP contribution in [0.4, 0.5) is 0 Å². The first kappa shape index (κ1) is 16.9. The first-order valence-corrected chi connectivity index (χ1v) is 9.48. The minimum Gasteiger partial charge on any atom is -0.426 e. The molecule has 1 aromatic heterocycles. The molecule has 25 heavy (non-hydrogen) atoms. The summed E-state index contributed by atoms with van der Waals surface area (Å²) in [4.78, 5) is 14.5. The molecule has 3 atom stereocenters. The maximum atomic E-state index is 11.9. The molecule has 9 heteroatoms. The molecule has 7 nitrogen and oxygen atoms in total. The zero-order valence-electron chi connectivity index (χ0n) is 13.3. The van der Waals surface area contributed by atoms with Crippen LogP contribution < -0.4 is 10.2 Å². The minimum atomic E-state index is -1.42. The summed E-state index contributed by atoms with van der Waals surface area (Å²) in [6.07, 6.45) is 2.78. The zero-order chi connectivity index (χ0) is 17.2. The van der Waals surface area contributed by atoms with Crippen LogP contribution in [0.25, 0.3) is 0 Å². The highest BCUT2D eigenvalue weighted by molar-refractivity contribution is 7.71. The maximum absolute atomic E-state index is 11.9. The zero-order valence-corrected chi connectivity index (χ0v) is 15.0. The van der Waals surface area contributed by atoms with Gasteiger partial charge in [0.1, 0.15) is 16.6 Å². The van der Waals surface area contributed by atoms with Crippen molar-refractivity contribution in [3.8, 4) is 5.75 Å². The van der Waals surface area contributed by atoms with Crippen molar-refractivity contribution in [3.63, 3.8) is 0 Å². The van der Waals surface area contributed by atoms with E-state index in [1.165, 1.54) is 4.57 Å². The van der Waals surface area contributed by atoms with Gasteiger partial charge in [-0.15, -0.1) is 0 Å². The van der Waals surface area contributed by atoms with Gasteiger partial charge in [-0.25, -0.2) is 4.79 Å². The predicted molar refractivity (Wildman–Crippen MR) is 93.8 cm³/mol. The molecular weight excluding hydrogens is 363 g/mol. The van der Waals surface area contributed by atoms with E-state index >= 15 is 0 Å². The third-order valence-corrected chi connectivity index (χ3v) is 5.37. The molecule has 4 rings (SSSR count). The summed E-state index contributed by atoms with van der Waals surface area (Å²) >= 11 is 4.94. The summed E-state index contributed by atoms with van der Waals surface area (Å²) in [6, 6.07) is 9.42.